The number of hydrogen-bond donors (Lipinski definition) is 2. The van der Waals surface area contributed by atoms with Gasteiger partial charge in [0.1, 0.15) is 0 Å². The molecule has 0 bridgehead atoms. The Labute approximate surface area is 130 Å². The van der Waals surface area contributed by atoms with Crippen LogP contribution in [0.15, 0.2) is 0 Å². The molecule has 1 saturated carbocycles. The molecule has 2 amide bonds. The van der Waals surface area contributed by atoms with Gasteiger partial charge in [-0.2, -0.15) is 0 Å². The van der Waals surface area contributed by atoms with E-state index in [0.29, 0.717) is 11.5 Å². The Morgan fingerprint density at radius 3 is 2.67 bits per heavy atom. The van der Waals surface area contributed by atoms with E-state index < -0.39 is 5.41 Å². The van der Waals surface area contributed by atoms with Gasteiger partial charge in [-0.05, 0) is 25.7 Å². The quantitative estimate of drug-likeness (QED) is 0.745. The highest BCUT2D eigenvalue weighted by atomic mass is 32.1. The van der Waals surface area contributed by atoms with E-state index in [1.165, 1.54) is 0 Å². The molecule has 2 heterocycles. The van der Waals surface area contributed by atoms with Gasteiger partial charge >= 0.3 is 0 Å². The average molecular weight is 309 g/mol. The van der Waals surface area contributed by atoms with E-state index in [2.05, 4.69) is 5.32 Å². The van der Waals surface area contributed by atoms with Gasteiger partial charge in [0.15, 0.2) is 0 Å². The van der Waals surface area contributed by atoms with Crippen molar-refractivity contribution in [3.8, 4) is 0 Å². The van der Waals surface area contributed by atoms with Crippen molar-refractivity contribution < 1.29 is 9.59 Å². The van der Waals surface area contributed by atoms with Crippen LogP contribution >= 0.6 is 12.2 Å². The molecule has 6 heteroatoms. The molecule has 5 nitrogen and oxygen atoms in total. The number of hydrogen-bond acceptors (Lipinski definition) is 3. The van der Waals surface area contributed by atoms with Gasteiger partial charge in [0.05, 0.1) is 22.4 Å². The lowest BCUT2D eigenvalue weighted by molar-refractivity contribution is -0.145. The first-order valence-corrected chi connectivity index (χ1v) is 8.36. The minimum absolute atomic E-state index is 0.00750. The molecule has 21 heavy (non-hydrogen) atoms. The molecule has 0 aromatic rings. The van der Waals surface area contributed by atoms with Gasteiger partial charge in [0.25, 0.3) is 0 Å². The Bertz CT molecular complexity index is 474. The zero-order valence-corrected chi connectivity index (χ0v) is 13.1. The van der Waals surface area contributed by atoms with Gasteiger partial charge in [-0.1, -0.05) is 31.5 Å². The second-order valence-electron chi connectivity index (χ2n) is 6.57. The molecule has 3 rings (SSSR count). The summed E-state index contributed by atoms with van der Waals surface area (Å²) in [6.45, 7) is 1.29. The van der Waals surface area contributed by atoms with Gasteiger partial charge in [-0.15, -0.1) is 0 Å². The molecular formula is C15H23N3O2S. The van der Waals surface area contributed by atoms with E-state index in [9.17, 15) is 9.59 Å². The monoisotopic (exact) mass is 309 g/mol. The number of nitrogens with one attached hydrogen (secondary N) is 1. The maximum Gasteiger partial charge on any atom is 0.235 e. The lowest BCUT2D eigenvalue weighted by atomic mass is 9.72. The molecule has 3 fully saturated rings. The lowest BCUT2D eigenvalue weighted by Gasteiger charge is -2.44. The van der Waals surface area contributed by atoms with Gasteiger partial charge in [0, 0.05) is 13.1 Å². The molecule has 0 spiro atoms. The molecule has 2 unspecified atom stereocenters. The van der Waals surface area contributed by atoms with E-state index in [1.54, 1.807) is 0 Å². The summed E-state index contributed by atoms with van der Waals surface area (Å²) >= 11 is 5.26. The third kappa shape index (κ3) is 2.33. The number of carbonyl (C=O) groups excluding carboxylic acids is 2. The first-order valence-electron chi connectivity index (χ1n) is 7.95. The summed E-state index contributed by atoms with van der Waals surface area (Å²) in [5.74, 6) is 0.112. The van der Waals surface area contributed by atoms with Crippen LogP contribution in [0.2, 0.25) is 0 Å². The van der Waals surface area contributed by atoms with Crippen LogP contribution in [-0.2, 0) is 9.59 Å². The number of thiocarbonyl (C=S) groups is 1. The Kier molecular flexibility index (Phi) is 3.90. The summed E-state index contributed by atoms with van der Waals surface area (Å²) in [5.41, 5.74) is 5.31. The Hall–Kier alpha value is -1.17. The number of rotatable bonds is 2. The maximum absolute atomic E-state index is 13.2. The molecule has 0 radical (unpaired) electrons. The molecular weight excluding hydrogens is 286 g/mol. The second kappa shape index (κ2) is 5.55. The summed E-state index contributed by atoms with van der Waals surface area (Å²) in [4.78, 5) is 27.3. The maximum atomic E-state index is 13.2. The Morgan fingerprint density at radius 2 is 2.00 bits per heavy atom. The van der Waals surface area contributed by atoms with Crippen molar-refractivity contribution in [2.24, 2.45) is 17.1 Å². The van der Waals surface area contributed by atoms with E-state index in [4.69, 9.17) is 18.0 Å². The van der Waals surface area contributed by atoms with Crippen LogP contribution in [0.5, 0.6) is 0 Å². The van der Waals surface area contributed by atoms with Crippen molar-refractivity contribution in [1.82, 2.24) is 10.2 Å². The Morgan fingerprint density at radius 1 is 1.29 bits per heavy atom. The van der Waals surface area contributed by atoms with Crippen LogP contribution in [0.1, 0.15) is 44.9 Å². The zero-order valence-electron chi connectivity index (χ0n) is 12.3. The molecule has 116 valence electrons. The molecule has 3 N–H and O–H groups in total. The van der Waals surface area contributed by atoms with Gasteiger partial charge in [0.2, 0.25) is 11.8 Å². The summed E-state index contributed by atoms with van der Waals surface area (Å²) in [7, 11) is 0. The van der Waals surface area contributed by atoms with Crippen molar-refractivity contribution in [3.05, 3.63) is 0 Å². The highest BCUT2D eigenvalue weighted by Crippen LogP contribution is 2.40. The first kappa shape index (κ1) is 14.8. The lowest BCUT2D eigenvalue weighted by Crippen LogP contribution is -2.57. The van der Waals surface area contributed by atoms with Crippen LogP contribution in [0.4, 0.5) is 0 Å². The first-order chi connectivity index (χ1) is 10.1. The fourth-order valence-corrected chi connectivity index (χ4v) is 4.49. The fraction of sp³-hybridized carbons (Fsp3) is 0.800. The summed E-state index contributed by atoms with van der Waals surface area (Å²) in [6.07, 6.45) is 6.43. The molecule has 3 aliphatic rings. The predicted octanol–water partition coefficient (Wildman–Crippen LogP) is 0.960. The van der Waals surface area contributed by atoms with Gasteiger partial charge in [-0.3, -0.25) is 9.59 Å². The summed E-state index contributed by atoms with van der Waals surface area (Å²) < 4.78 is 0. The minimum Gasteiger partial charge on any atom is -0.392 e. The van der Waals surface area contributed by atoms with Gasteiger partial charge < -0.3 is 16.0 Å². The van der Waals surface area contributed by atoms with E-state index in [-0.39, 0.29) is 23.8 Å². The number of nitrogens with zero attached hydrogens (tertiary/aromatic N) is 1. The van der Waals surface area contributed by atoms with Crippen LogP contribution in [-0.4, -0.2) is 40.8 Å². The van der Waals surface area contributed by atoms with Crippen molar-refractivity contribution in [2.75, 3.05) is 13.1 Å². The predicted molar refractivity (Wildman–Crippen MR) is 83.5 cm³/mol. The highest BCUT2D eigenvalue weighted by molar-refractivity contribution is 7.80. The third-order valence-electron chi connectivity index (χ3n) is 5.45. The Balaban J connectivity index is 1.85. The molecule has 2 saturated heterocycles. The molecule has 2 aliphatic heterocycles. The van der Waals surface area contributed by atoms with Crippen LogP contribution in [0.25, 0.3) is 0 Å². The van der Waals surface area contributed by atoms with Crippen molar-refractivity contribution in [2.45, 2.75) is 51.0 Å². The molecule has 0 aromatic heterocycles. The highest BCUT2D eigenvalue weighted by Gasteiger charge is 2.50. The van der Waals surface area contributed by atoms with Crippen molar-refractivity contribution >= 4 is 29.0 Å². The van der Waals surface area contributed by atoms with Crippen LogP contribution < -0.4 is 11.1 Å². The number of carbonyl (C=O) groups is 2. The normalized spacial score (nSPS) is 31.4. The average Bonchev–Trinajstić information content (AvgIpc) is 2.89. The van der Waals surface area contributed by atoms with Gasteiger partial charge in [-0.25, -0.2) is 0 Å². The molecule has 0 aromatic carbocycles. The van der Waals surface area contributed by atoms with E-state index >= 15 is 0 Å². The number of amides is 2. The molecule has 2 atom stereocenters. The second-order valence-corrected chi connectivity index (χ2v) is 7.01. The smallest absolute Gasteiger partial charge is 0.235 e. The minimum atomic E-state index is -0.666. The standard InChI is InChI=1S/C15H23N3O2S/c16-13(21)15(6-2-1-3-7-15)14(20)18-8-4-5-10-11(18)9-17-12(10)19/h10-11H,1-9H2,(H2,16,21)(H,17,19). The fourth-order valence-electron chi connectivity index (χ4n) is 4.20. The SMILES string of the molecule is NC(=S)C1(C(=O)N2CCCC3C(=O)NCC32)CCCCC1. The van der Waals surface area contributed by atoms with Crippen molar-refractivity contribution in [1.29, 1.82) is 0 Å². The number of likely N-dealkylation sites (tertiary alicyclic amines) is 1. The number of nitrogens with two attached hydrogens (primary N) is 1. The number of fused-ring (bicyclic) bond motifs is 1. The van der Waals surface area contributed by atoms with Crippen LogP contribution in [0, 0.1) is 11.3 Å². The third-order valence-corrected chi connectivity index (χ3v) is 5.84. The molecule has 1 aliphatic carbocycles. The largest absolute Gasteiger partial charge is 0.392 e. The van der Waals surface area contributed by atoms with E-state index in [1.807, 2.05) is 4.90 Å². The summed E-state index contributed by atoms with van der Waals surface area (Å²) in [6, 6.07) is -0.00750. The van der Waals surface area contributed by atoms with E-state index in [0.717, 1.165) is 51.5 Å². The summed E-state index contributed by atoms with van der Waals surface area (Å²) in [5, 5.41) is 2.89. The van der Waals surface area contributed by atoms with Crippen molar-refractivity contribution in [3.63, 3.8) is 0 Å². The zero-order chi connectivity index (χ0) is 15.0. The number of piperidine rings is 1. The topological polar surface area (TPSA) is 75.4 Å². The van der Waals surface area contributed by atoms with Crippen LogP contribution in [0.3, 0.4) is 0 Å².